The summed E-state index contributed by atoms with van der Waals surface area (Å²) in [5, 5.41) is 0. The molecule has 0 bridgehead atoms. The molecule has 96 valence electrons. The van der Waals surface area contributed by atoms with Crippen molar-refractivity contribution in [2.24, 2.45) is 0 Å². The summed E-state index contributed by atoms with van der Waals surface area (Å²) < 4.78 is 41.5. The normalized spacial score (nSPS) is 12.8. The molecular formula is C13H11F3O2. The molecule has 1 aromatic rings. The molecule has 0 spiro atoms. The van der Waals surface area contributed by atoms with Gasteiger partial charge in [-0.2, -0.15) is 13.2 Å². The molecule has 1 aromatic carbocycles. The lowest BCUT2D eigenvalue weighted by atomic mass is 10.2. The van der Waals surface area contributed by atoms with Crippen molar-refractivity contribution >= 4 is 12.0 Å². The Balaban J connectivity index is 2.91. The van der Waals surface area contributed by atoms with Gasteiger partial charge in [0.25, 0.3) is 0 Å². The van der Waals surface area contributed by atoms with Gasteiger partial charge in [-0.05, 0) is 11.6 Å². The summed E-state index contributed by atoms with van der Waals surface area (Å²) in [4.78, 5) is 11.0. The lowest BCUT2D eigenvalue weighted by Crippen LogP contribution is -2.20. The van der Waals surface area contributed by atoms with Crippen LogP contribution in [0.25, 0.3) is 6.08 Å². The predicted octanol–water partition coefficient (Wildman–Crippen LogP) is 3.36. The van der Waals surface area contributed by atoms with E-state index in [-0.39, 0.29) is 0 Å². The summed E-state index contributed by atoms with van der Waals surface area (Å²) in [5.74, 6) is -1.40. The van der Waals surface area contributed by atoms with Crippen LogP contribution in [0, 0.1) is 0 Å². The molecule has 2 nitrogen and oxygen atoms in total. The molecule has 0 aliphatic heterocycles. The van der Waals surface area contributed by atoms with E-state index in [0.29, 0.717) is 6.08 Å². The second-order valence-corrected chi connectivity index (χ2v) is 3.34. The Labute approximate surface area is 102 Å². The van der Waals surface area contributed by atoms with Crippen molar-refractivity contribution in [1.82, 2.24) is 0 Å². The predicted molar refractivity (Wildman–Crippen MR) is 61.6 cm³/mol. The zero-order valence-corrected chi connectivity index (χ0v) is 9.57. The van der Waals surface area contributed by atoms with Gasteiger partial charge in [-0.15, -0.1) is 0 Å². The largest absolute Gasteiger partial charge is 0.465 e. The van der Waals surface area contributed by atoms with Gasteiger partial charge in [0, 0.05) is 0 Å². The van der Waals surface area contributed by atoms with E-state index in [9.17, 15) is 18.0 Å². The molecule has 5 heteroatoms. The van der Waals surface area contributed by atoms with Crippen LogP contribution < -0.4 is 0 Å². The average Bonchev–Trinajstić information content (AvgIpc) is 2.33. The first-order valence-corrected chi connectivity index (χ1v) is 5.04. The number of carbonyl (C=O) groups is 1. The lowest BCUT2D eigenvalue weighted by Gasteiger charge is -2.07. The van der Waals surface area contributed by atoms with Gasteiger partial charge in [0.05, 0.1) is 7.11 Å². The van der Waals surface area contributed by atoms with Crippen molar-refractivity contribution < 1.29 is 22.7 Å². The minimum atomic E-state index is -4.73. The molecule has 0 N–H and O–H groups in total. The average molecular weight is 256 g/mol. The lowest BCUT2D eigenvalue weighted by molar-refractivity contribution is -0.148. The van der Waals surface area contributed by atoms with Crippen LogP contribution in [0.3, 0.4) is 0 Å². The molecular weight excluding hydrogens is 245 g/mol. The Morgan fingerprint density at radius 1 is 1.22 bits per heavy atom. The number of rotatable bonds is 3. The van der Waals surface area contributed by atoms with E-state index < -0.39 is 17.7 Å². The molecule has 0 saturated heterocycles. The van der Waals surface area contributed by atoms with Gasteiger partial charge in [0.1, 0.15) is 5.57 Å². The minimum Gasteiger partial charge on any atom is -0.465 e. The number of halogens is 3. The van der Waals surface area contributed by atoms with Crippen molar-refractivity contribution in [2.75, 3.05) is 7.11 Å². The molecule has 0 aromatic heterocycles. The fraction of sp³-hybridized carbons (Fsp3) is 0.154. The van der Waals surface area contributed by atoms with Gasteiger partial charge in [0.2, 0.25) is 0 Å². The van der Waals surface area contributed by atoms with Gasteiger partial charge < -0.3 is 4.74 Å². The Morgan fingerprint density at radius 3 is 2.33 bits per heavy atom. The molecule has 0 amide bonds. The second-order valence-electron chi connectivity index (χ2n) is 3.34. The van der Waals surface area contributed by atoms with Crippen LogP contribution in [0.5, 0.6) is 0 Å². The number of hydrogen-bond acceptors (Lipinski definition) is 2. The van der Waals surface area contributed by atoms with Gasteiger partial charge >= 0.3 is 12.1 Å². The van der Waals surface area contributed by atoms with Gasteiger partial charge in [0.15, 0.2) is 0 Å². The molecule has 1 rings (SSSR count). The maximum Gasteiger partial charge on any atom is 0.423 e. The SMILES string of the molecule is COC(=O)/C(=C/C=C/c1ccccc1)C(F)(F)F. The Bertz CT molecular complexity index is 459. The van der Waals surface area contributed by atoms with Crippen LogP contribution in [-0.2, 0) is 9.53 Å². The highest BCUT2D eigenvalue weighted by Gasteiger charge is 2.38. The van der Waals surface area contributed by atoms with E-state index in [1.54, 1.807) is 30.3 Å². The first-order valence-electron chi connectivity index (χ1n) is 5.04. The highest BCUT2D eigenvalue weighted by atomic mass is 19.4. The standard InChI is InChI=1S/C13H11F3O2/c1-18-12(17)11(13(14,15)16)9-5-8-10-6-3-2-4-7-10/h2-9H,1H3/b8-5+,11-9-. The summed E-state index contributed by atoms with van der Waals surface area (Å²) in [7, 11) is 0.906. The van der Waals surface area contributed by atoms with Crippen LogP contribution in [0.4, 0.5) is 13.2 Å². The number of carbonyl (C=O) groups excluding carboxylic acids is 1. The number of allylic oxidation sites excluding steroid dienone is 2. The Hall–Kier alpha value is -2.04. The summed E-state index contributed by atoms with van der Waals surface area (Å²) >= 11 is 0. The number of methoxy groups -OCH3 is 1. The molecule has 0 fully saturated rings. The monoisotopic (exact) mass is 256 g/mol. The second kappa shape index (κ2) is 6.05. The van der Waals surface area contributed by atoms with Crippen molar-refractivity contribution in [3.05, 3.63) is 53.6 Å². The fourth-order valence-electron chi connectivity index (χ4n) is 1.21. The highest BCUT2D eigenvalue weighted by Crippen LogP contribution is 2.26. The Morgan fingerprint density at radius 2 is 1.83 bits per heavy atom. The Kier molecular flexibility index (Phi) is 4.71. The van der Waals surface area contributed by atoms with Crippen molar-refractivity contribution in [2.45, 2.75) is 6.18 Å². The summed E-state index contributed by atoms with van der Waals surface area (Å²) in [6.07, 6.45) is -1.41. The van der Waals surface area contributed by atoms with E-state index in [4.69, 9.17) is 0 Å². The number of alkyl halides is 3. The van der Waals surface area contributed by atoms with Gasteiger partial charge in [-0.25, -0.2) is 4.79 Å². The third-order valence-electron chi connectivity index (χ3n) is 2.06. The summed E-state index contributed by atoms with van der Waals surface area (Å²) in [5.41, 5.74) is -0.600. The van der Waals surface area contributed by atoms with Crippen LogP contribution in [0.15, 0.2) is 48.1 Å². The van der Waals surface area contributed by atoms with E-state index >= 15 is 0 Å². The third-order valence-corrected chi connectivity index (χ3v) is 2.06. The third kappa shape index (κ3) is 4.08. The van der Waals surface area contributed by atoms with Gasteiger partial charge in [-0.3, -0.25) is 0 Å². The van der Waals surface area contributed by atoms with Crippen molar-refractivity contribution in [1.29, 1.82) is 0 Å². The van der Waals surface area contributed by atoms with Crippen LogP contribution in [-0.4, -0.2) is 19.3 Å². The number of hydrogen-bond donors (Lipinski definition) is 0. The van der Waals surface area contributed by atoms with Crippen LogP contribution >= 0.6 is 0 Å². The smallest absolute Gasteiger partial charge is 0.423 e. The summed E-state index contributed by atoms with van der Waals surface area (Å²) in [6, 6.07) is 8.77. The first kappa shape index (κ1) is 14.0. The zero-order valence-electron chi connectivity index (χ0n) is 9.57. The van der Waals surface area contributed by atoms with E-state index in [1.807, 2.05) is 0 Å². The maximum atomic E-state index is 12.5. The van der Waals surface area contributed by atoms with Gasteiger partial charge in [-0.1, -0.05) is 42.5 Å². The topological polar surface area (TPSA) is 26.3 Å². The quantitative estimate of drug-likeness (QED) is 0.471. The maximum absolute atomic E-state index is 12.5. The molecule has 0 radical (unpaired) electrons. The number of ether oxygens (including phenoxy) is 1. The molecule has 0 aliphatic rings. The molecule has 0 unspecified atom stereocenters. The molecule has 0 aliphatic carbocycles. The molecule has 0 atom stereocenters. The van der Waals surface area contributed by atoms with Crippen molar-refractivity contribution in [3.63, 3.8) is 0 Å². The first-order chi connectivity index (χ1) is 8.45. The van der Waals surface area contributed by atoms with E-state index in [1.165, 1.54) is 6.08 Å². The molecule has 0 saturated carbocycles. The zero-order chi connectivity index (χ0) is 13.6. The van der Waals surface area contributed by atoms with Crippen LogP contribution in [0.1, 0.15) is 5.56 Å². The highest BCUT2D eigenvalue weighted by molar-refractivity contribution is 5.90. The van der Waals surface area contributed by atoms with E-state index in [0.717, 1.165) is 18.7 Å². The fourth-order valence-corrected chi connectivity index (χ4v) is 1.21. The molecule has 0 heterocycles. The number of benzene rings is 1. The molecule has 18 heavy (non-hydrogen) atoms. The summed E-state index contributed by atoms with van der Waals surface area (Å²) in [6.45, 7) is 0. The van der Waals surface area contributed by atoms with E-state index in [2.05, 4.69) is 4.74 Å². The van der Waals surface area contributed by atoms with Crippen molar-refractivity contribution in [3.8, 4) is 0 Å². The number of esters is 1. The minimum absolute atomic E-state index is 0.693. The van der Waals surface area contributed by atoms with Crippen LogP contribution in [0.2, 0.25) is 0 Å².